The average molecular weight is 820 g/mol. The van der Waals surface area contributed by atoms with Gasteiger partial charge in [-0.15, -0.1) is 6.42 Å². The third-order valence-electron chi connectivity index (χ3n) is 6.85. The number of anilines is 1. The number of aromatic nitrogens is 4. The van der Waals surface area contributed by atoms with E-state index in [-0.39, 0.29) is 42.2 Å². The molecule has 0 spiro atoms. The summed E-state index contributed by atoms with van der Waals surface area (Å²) < 4.78 is 61.8. The first-order valence-corrected chi connectivity index (χ1v) is 20.1. The lowest BCUT2D eigenvalue weighted by Gasteiger charge is -2.30. The quantitative estimate of drug-likeness (QED) is 0.0433. The molecule has 1 aliphatic rings. The lowest BCUT2D eigenvalue weighted by Crippen LogP contribution is -2.46. The van der Waals surface area contributed by atoms with Crippen LogP contribution in [0.15, 0.2) is 12.7 Å². The lowest BCUT2D eigenvalue weighted by molar-refractivity contribution is -0.137. The second-order valence-corrected chi connectivity index (χ2v) is 16.7. The lowest BCUT2D eigenvalue weighted by atomic mass is 9.87. The maximum atomic E-state index is 12.6. The van der Waals surface area contributed by atoms with Gasteiger partial charge in [-0.2, -0.15) is 4.31 Å². The van der Waals surface area contributed by atoms with Gasteiger partial charge in [-0.05, 0) is 5.92 Å². The Hall–Kier alpha value is -2.88. The van der Waals surface area contributed by atoms with Gasteiger partial charge in [0.2, 0.25) is 11.8 Å². The summed E-state index contributed by atoms with van der Waals surface area (Å²) in [4.78, 5) is 86.1. The minimum absolute atomic E-state index is 0.0267. The number of aliphatic hydroxyl groups excluding tert-OH is 2. The molecular formula is C24H36N7O17P3S. The fraction of sp³-hybridized carbons (Fsp3) is 0.583. The molecule has 3 heterocycles. The molecule has 10 N–H and O–H groups in total. The van der Waals surface area contributed by atoms with Crippen molar-refractivity contribution in [3.05, 3.63) is 12.7 Å². The molecule has 3 rings (SSSR count). The highest BCUT2D eigenvalue weighted by molar-refractivity contribution is 8.14. The van der Waals surface area contributed by atoms with Gasteiger partial charge in [0.15, 0.2) is 17.7 Å². The highest BCUT2D eigenvalue weighted by Crippen LogP contribution is 2.61. The smallest absolute Gasteiger partial charge is 0.386 e. The number of imidazole rings is 1. The molecular weight excluding hydrogens is 783 g/mol. The molecule has 1 fully saturated rings. The molecule has 0 radical (unpaired) electrons. The van der Waals surface area contributed by atoms with Crippen molar-refractivity contribution in [3.8, 4) is 12.3 Å². The van der Waals surface area contributed by atoms with Crippen LogP contribution in [0.5, 0.6) is 0 Å². The number of amides is 2. The predicted molar refractivity (Wildman–Crippen MR) is 176 cm³/mol. The minimum atomic E-state index is -5.57. The van der Waals surface area contributed by atoms with Crippen molar-refractivity contribution in [1.82, 2.24) is 30.2 Å². The minimum Gasteiger partial charge on any atom is -0.386 e. The molecule has 7 atom stereocenters. The van der Waals surface area contributed by atoms with Crippen LogP contribution in [0, 0.1) is 17.8 Å². The van der Waals surface area contributed by atoms with E-state index in [1.54, 1.807) is 0 Å². The SMILES string of the molecule is C#CC(=O)SCCNC(=O)CCNC(=O)[C@H](O)C(C)(C)COP(=O)(O)OP(=O)(O)OC[C@H]1O[C@@H](n2cnc3c(N)ncnc32)[C@H](O)[C@@H]1OP(=O)(O)O. The summed E-state index contributed by atoms with van der Waals surface area (Å²) in [5.74, 6) is 0.618. The fourth-order valence-electron chi connectivity index (χ4n) is 4.32. The number of nitrogens with zero attached hydrogens (tertiary/aromatic N) is 4. The van der Waals surface area contributed by atoms with Crippen LogP contribution >= 0.6 is 35.2 Å². The molecule has 0 aromatic carbocycles. The standard InChI is InChI=1S/C24H36N7O17P3S/c1-4-15(33)52-8-7-26-14(32)5-6-27-22(36)19(35)24(2,3)10-45-51(42,43)48-50(40,41)44-9-13-18(47-49(37,38)39)17(34)23(46-13)31-12-30-16-20(25)28-11-29-21(16)31/h1,11-13,17-19,23,34-35H,5-10H2,2-3H3,(H,26,32)(H,27,36)(H,40,41)(H,42,43)(H2,25,28,29)(H2,37,38,39)/t13-,17-,18-,19+,23-/m1/s1. The summed E-state index contributed by atoms with van der Waals surface area (Å²) in [7, 11) is -16.4. The number of hydrogen-bond donors (Lipinski definition) is 9. The van der Waals surface area contributed by atoms with Crippen LogP contribution in [0.25, 0.3) is 11.2 Å². The Balaban J connectivity index is 1.54. The number of hydrogen-bond acceptors (Lipinski definition) is 18. The van der Waals surface area contributed by atoms with Crippen molar-refractivity contribution in [2.45, 2.75) is 50.9 Å². The molecule has 0 bridgehead atoms. The maximum absolute atomic E-state index is 12.6. The van der Waals surface area contributed by atoms with Crippen molar-refractivity contribution in [3.63, 3.8) is 0 Å². The van der Waals surface area contributed by atoms with Crippen molar-refractivity contribution >= 4 is 69.1 Å². The molecule has 0 saturated carbocycles. The maximum Gasteiger partial charge on any atom is 0.481 e. The van der Waals surface area contributed by atoms with E-state index >= 15 is 0 Å². The van der Waals surface area contributed by atoms with Gasteiger partial charge >= 0.3 is 23.5 Å². The molecule has 52 heavy (non-hydrogen) atoms. The van der Waals surface area contributed by atoms with E-state index in [0.29, 0.717) is 0 Å². The van der Waals surface area contributed by atoms with Gasteiger partial charge in [0.1, 0.15) is 36.3 Å². The summed E-state index contributed by atoms with van der Waals surface area (Å²) in [6.07, 6.45) is -2.03. The van der Waals surface area contributed by atoms with E-state index in [1.807, 2.05) is 5.92 Å². The van der Waals surface area contributed by atoms with Crippen LogP contribution in [0.1, 0.15) is 26.5 Å². The summed E-state index contributed by atoms with van der Waals surface area (Å²) in [6, 6.07) is 0. The van der Waals surface area contributed by atoms with Crippen LogP contribution < -0.4 is 16.4 Å². The molecule has 2 unspecified atom stereocenters. The van der Waals surface area contributed by atoms with Crippen molar-refractivity contribution in [1.29, 1.82) is 0 Å². The van der Waals surface area contributed by atoms with E-state index in [0.717, 1.165) is 29.0 Å². The zero-order valence-corrected chi connectivity index (χ0v) is 30.7. The number of terminal acetylenes is 1. The number of phosphoric ester groups is 3. The zero-order valence-electron chi connectivity index (χ0n) is 27.2. The van der Waals surface area contributed by atoms with Gasteiger partial charge < -0.3 is 50.9 Å². The number of rotatable bonds is 19. The Morgan fingerprint density at radius 2 is 1.79 bits per heavy atom. The molecule has 0 aliphatic carbocycles. The average Bonchev–Trinajstić information content (AvgIpc) is 3.60. The molecule has 28 heteroatoms. The molecule has 24 nitrogen and oxygen atoms in total. The van der Waals surface area contributed by atoms with Gasteiger partial charge in [-0.1, -0.05) is 25.6 Å². The van der Waals surface area contributed by atoms with E-state index in [2.05, 4.69) is 34.4 Å². The first-order chi connectivity index (χ1) is 24.1. The third kappa shape index (κ3) is 12.6. The number of carbonyl (C=O) groups excluding carboxylic acids is 3. The van der Waals surface area contributed by atoms with Crippen LogP contribution in [-0.4, -0.2) is 123 Å². The van der Waals surface area contributed by atoms with E-state index in [4.69, 9.17) is 25.9 Å². The second kappa shape index (κ2) is 18.0. The Kier molecular flexibility index (Phi) is 15.0. The molecule has 2 amide bonds. The number of nitrogens with one attached hydrogen (secondary N) is 2. The summed E-state index contributed by atoms with van der Waals surface area (Å²) in [5.41, 5.74) is 4.23. The summed E-state index contributed by atoms with van der Waals surface area (Å²) in [5, 5.41) is 25.6. The van der Waals surface area contributed by atoms with Gasteiger partial charge in [0.05, 0.1) is 19.5 Å². The first-order valence-electron chi connectivity index (χ1n) is 14.6. The number of ether oxygens (including phenoxy) is 1. The zero-order chi connectivity index (χ0) is 39.1. The number of fused-ring (bicyclic) bond motifs is 1. The van der Waals surface area contributed by atoms with Gasteiger partial charge in [0.25, 0.3) is 5.12 Å². The van der Waals surface area contributed by atoms with Gasteiger partial charge in [0, 0.05) is 30.7 Å². The number of nitrogen functional groups attached to an aromatic ring is 1. The van der Waals surface area contributed by atoms with Crippen molar-refractivity contribution < 1.29 is 80.5 Å². The van der Waals surface area contributed by atoms with Crippen LogP contribution in [-0.2, 0) is 50.7 Å². The van der Waals surface area contributed by atoms with Gasteiger partial charge in [-0.25, -0.2) is 28.6 Å². The second-order valence-electron chi connectivity index (χ2n) is 11.3. The number of phosphoric acid groups is 3. The first kappa shape index (κ1) is 43.5. The van der Waals surface area contributed by atoms with Crippen LogP contribution in [0.2, 0.25) is 0 Å². The summed E-state index contributed by atoms with van der Waals surface area (Å²) >= 11 is 0.834. The van der Waals surface area contributed by atoms with E-state index in [1.165, 1.54) is 13.8 Å². The highest BCUT2D eigenvalue weighted by atomic mass is 32.2. The van der Waals surface area contributed by atoms with Gasteiger partial charge in [-0.3, -0.25) is 32.5 Å². The molecule has 2 aromatic rings. The number of thioether (sulfide) groups is 1. The van der Waals surface area contributed by atoms with E-state index < -0.39 is 89.7 Å². The third-order valence-corrected chi connectivity index (χ3v) is 10.7. The van der Waals surface area contributed by atoms with E-state index in [9.17, 15) is 57.9 Å². The molecule has 290 valence electrons. The van der Waals surface area contributed by atoms with Crippen LogP contribution in [0.4, 0.5) is 5.82 Å². The van der Waals surface area contributed by atoms with Crippen molar-refractivity contribution in [2.75, 3.05) is 37.8 Å². The number of nitrogens with two attached hydrogens (primary N) is 1. The van der Waals surface area contributed by atoms with Crippen molar-refractivity contribution in [2.24, 2.45) is 5.41 Å². The largest absolute Gasteiger partial charge is 0.481 e. The summed E-state index contributed by atoms with van der Waals surface area (Å²) in [6.45, 7) is 0.354. The monoisotopic (exact) mass is 819 g/mol. The molecule has 1 saturated heterocycles. The Bertz CT molecular complexity index is 1800. The number of carbonyl (C=O) groups is 3. The molecule has 2 aromatic heterocycles. The molecule has 1 aliphatic heterocycles. The Morgan fingerprint density at radius 1 is 1.12 bits per heavy atom. The fourth-order valence-corrected chi connectivity index (χ4v) is 7.62. The topological polar surface area (TPSA) is 364 Å². The highest BCUT2D eigenvalue weighted by Gasteiger charge is 2.50. The predicted octanol–water partition coefficient (Wildman–Crippen LogP) is -1.70. The number of aliphatic hydroxyl groups is 2. The Morgan fingerprint density at radius 3 is 2.44 bits per heavy atom. The normalized spacial score (nSPS) is 22.2. The van der Waals surface area contributed by atoms with Crippen LogP contribution in [0.3, 0.4) is 0 Å². The Labute approximate surface area is 298 Å².